The summed E-state index contributed by atoms with van der Waals surface area (Å²) in [7, 11) is 0. The molecule has 0 radical (unpaired) electrons. The second kappa shape index (κ2) is 7.28. The van der Waals surface area contributed by atoms with Crippen molar-refractivity contribution in [2.24, 2.45) is 11.7 Å². The highest BCUT2D eigenvalue weighted by Gasteiger charge is 2.27. The predicted molar refractivity (Wildman–Crippen MR) is 87.1 cm³/mol. The van der Waals surface area contributed by atoms with Crippen LogP contribution in [0, 0.1) is 5.92 Å². The molecule has 0 unspecified atom stereocenters. The lowest BCUT2D eigenvalue weighted by molar-refractivity contribution is -0.134. The molecule has 0 saturated heterocycles. The molecule has 0 aromatic heterocycles. The molecule has 4 heteroatoms. The first kappa shape index (κ1) is 16.3. The highest BCUT2D eigenvalue weighted by molar-refractivity contribution is 6.30. The molecular formula is C17H25ClN2O. The molecule has 0 heterocycles. The third-order valence-corrected chi connectivity index (χ3v) is 4.47. The van der Waals surface area contributed by atoms with Crippen LogP contribution in [0.4, 0.5) is 0 Å². The number of nitrogens with two attached hydrogens (primary N) is 1. The minimum Gasteiger partial charge on any atom is -0.336 e. The van der Waals surface area contributed by atoms with Gasteiger partial charge in [0, 0.05) is 30.1 Å². The largest absolute Gasteiger partial charge is 0.336 e. The SMILES string of the molecule is CC(C)N(Cc1cccc(Cl)c1)C(=O)C[C@@H]1CC[C@H](N)C1. The van der Waals surface area contributed by atoms with E-state index in [0.717, 1.165) is 24.8 Å². The number of rotatable bonds is 5. The van der Waals surface area contributed by atoms with Crippen LogP contribution in [0.15, 0.2) is 24.3 Å². The van der Waals surface area contributed by atoms with Crippen LogP contribution in [0.1, 0.15) is 45.1 Å². The van der Waals surface area contributed by atoms with Crippen LogP contribution in [0.3, 0.4) is 0 Å². The first-order chi connectivity index (χ1) is 9.95. The zero-order valence-corrected chi connectivity index (χ0v) is 13.6. The van der Waals surface area contributed by atoms with Crippen LogP contribution in [0.5, 0.6) is 0 Å². The van der Waals surface area contributed by atoms with Gasteiger partial charge in [-0.3, -0.25) is 4.79 Å². The van der Waals surface area contributed by atoms with Crippen molar-refractivity contribution in [3.63, 3.8) is 0 Å². The summed E-state index contributed by atoms with van der Waals surface area (Å²) in [5, 5.41) is 0.713. The Morgan fingerprint density at radius 1 is 1.43 bits per heavy atom. The second-order valence-corrected chi connectivity index (χ2v) is 6.83. The lowest BCUT2D eigenvalue weighted by Crippen LogP contribution is -2.37. The summed E-state index contributed by atoms with van der Waals surface area (Å²) in [4.78, 5) is 14.5. The molecule has 1 aliphatic carbocycles. The fourth-order valence-corrected chi connectivity index (χ4v) is 3.27. The molecule has 2 N–H and O–H groups in total. The predicted octanol–water partition coefficient (Wildman–Crippen LogP) is 3.59. The van der Waals surface area contributed by atoms with Crippen LogP contribution in [-0.4, -0.2) is 22.9 Å². The van der Waals surface area contributed by atoms with Crippen molar-refractivity contribution in [1.82, 2.24) is 4.90 Å². The van der Waals surface area contributed by atoms with Gasteiger partial charge in [0.15, 0.2) is 0 Å². The molecule has 2 rings (SSSR count). The van der Waals surface area contributed by atoms with E-state index in [1.165, 1.54) is 0 Å². The molecule has 21 heavy (non-hydrogen) atoms. The van der Waals surface area contributed by atoms with Gasteiger partial charge < -0.3 is 10.6 Å². The summed E-state index contributed by atoms with van der Waals surface area (Å²) >= 11 is 6.02. The van der Waals surface area contributed by atoms with E-state index in [1.54, 1.807) is 0 Å². The molecule has 0 aliphatic heterocycles. The van der Waals surface area contributed by atoms with Crippen molar-refractivity contribution in [1.29, 1.82) is 0 Å². The maximum atomic E-state index is 12.6. The Morgan fingerprint density at radius 3 is 2.76 bits per heavy atom. The average Bonchev–Trinajstić information content (AvgIpc) is 2.81. The van der Waals surface area contributed by atoms with E-state index in [9.17, 15) is 4.79 Å². The van der Waals surface area contributed by atoms with E-state index in [4.69, 9.17) is 17.3 Å². The van der Waals surface area contributed by atoms with Crippen LogP contribution < -0.4 is 5.73 Å². The van der Waals surface area contributed by atoms with Crippen molar-refractivity contribution in [3.05, 3.63) is 34.9 Å². The molecule has 1 aromatic carbocycles. The minimum absolute atomic E-state index is 0.187. The Balaban J connectivity index is 1.99. The van der Waals surface area contributed by atoms with Crippen LogP contribution in [0.25, 0.3) is 0 Å². The third-order valence-electron chi connectivity index (χ3n) is 4.23. The minimum atomic E-state index is 0.187. The summed E-state index contributed by atoms with van der Waals surface area (Å²) in [5.74, 6) is 0.678. The molecular weight excluding hydrogens is 284 g/mol. The standard InChI is InChI=1S/C17H25ClN2O/c1-12(2)20(11-14-4-3-5-15(18)8-14)17(21)10-13-6-7-16(19)9-13/h3-5,8,12-13,16H,6-7,9-11,19H2,1-2H3/t13-,16+/m1/s1. The van der Waals surface area contributed by atoms with Gasteiger partial charge in [0.2, 0.25) is 5.91 Å². The molecule has 2 atom stereocenters. The third kappa shape index (κ3) is 4.72. The van der Waals surface area contributed by atoms with Gasteiger partial charge in [-0.15, -0.1) is 0 Å². The molecule has 0 spiro atoms. The van der Waals surface area contributed by atoms with Crippen molar-refractivity contribution < 1.29 is 4.79 Å². The van der Waals surface area contributed by atoms with Gasteiger partial charge in [-0.05, 0) is 56.7 Å². The van der Waals surface area contributed by atoms with Crippen molar-refractivity contribution in [2.75, 3.05) is 0 Å². The van der Waals surface area contributed by atoms with Gasteiger partial charge in [0.05, 0.1) is 0 Å². The van der Waals surface area contributed by atoms with Crippen LogP contribution in [-0.2, 0) is 11.3 Å². The Kier molecular flexibility index (Phi) is 5.65. The first-order valence-corrected chi connectivity index (χ1v) is 8.13. The number of hydrogen-bond acceptors (Lipinski definition) is 2. The molecule has 1 saturated carbocycles. The fraction of sp³-hybridized carbons (Fsp3) is 0.588. The highest BCUT2D eigenvalue weighted by atomic mass is 35.5. The highest BCUT2D eigenvalue weighted by Crippen LogP contribution is 2.28. The first-order valence-electron chi connectivity index (χ1n) is 7.75. The van der Waals surface area contributed by atoms with Crippen molar-refractivity contribution in [3.8, 4) is 0 Å². The number of carbonyl (C=O) groups excluding carboxylic acids is 1. The van der Waals surface area contributed by atoms with Crippen molar-refractivity contribution in [2.45, 2.75) is 58.2 Å². The van der Waals surface area contributed by atoms with Gasteiger partial charge in [0.25, 0.3) is 0 Å². The Morgan fingerprint density at radius 2 is 2.19 bits per heavy atom. The lowest BCUT2D eigenvalue weighted by Gasteiger charge is -2.28. The number of carbonyl (C=O) groups is 1. The summed E-state index contributed by atoms with van der Waals surface area (Å²) in [6.45, 7) is 4.74. The number of halogens is 1. The quantitative estimate of drug-likeness (QED) is 0.903. The number of amides is 1. The number of benzene rings is 1. The summed E-state index contributed by atoms with van der Waals surface area (Å²) in [6.07, 6.45) is 3.73. The summed E-state index contributed by atoms with van der Waals surface area (Å²) in [6, 6.07) is 8.19. The Bertz CT molecular complexity index is 489. The topological polar surface area (TPSA) is 46.3 Å². The molecule has 1 aliphatic rings. The van der Waals surface area contributed by atoms with Crippen molar-refractivity contribution >= 4 is 17.5 Å². The summed E-state index contributed by atoms with van der Waals surface area (Å²) in [5.41, 5.74) is 7.01. The molecule has 1 amide bonds. The Labute approximate surface area is 132 Å². The maximum Gasteiger partial charge on any atom is 0.223 e. The molecule has 0 bridgehead atoms. The zero-order valence-electron chi connectivity index (χ0n) is 12.9. The molecule has 1 fully saturated rings. The van der Waals surface area contributed by atoms with E-state index in [2.05, 4.69) is 13.8 Å². The van der Waals surface area contributed by atoms with Crippen LogP contribution >= 0.6 is 11.6 Å². The van der Waals surface area contributed by atoms with E-state index in [1.807, 2.05) is 29.2 Å². The monoisotopic (exact) mass is 308 g/mol. The van der Waals surface area contributed by atoms with Gasteiger partial charge >= 0.3 is 0 Å². The normalized spacial score (nSPS) is 21.8. The average molecular weight is 309 g/mol. The van der Waals surface area contributed by atoms with E-state index in [-0.39, 0.29) is 18.0 Å². The van der Waals surface area contributed by atoms with E-state index in [0.29, 0.717) is 23.9 Å². The lowest BCUT2D eigenvalue weighted by atomic mass is 10.0. The maximum absolute atomic E-state index is 12.6. The van der Waals surface area contributed by atoms with Gasteiger partial charge in [-0.2, -0.15) is 0 Å². The number of nitrogens with zero attached hydrogens (tertiary/aromatic N) is 1. The van der Waals surface area contributed by atoms with E-state index < -0.39 is 0 Å². The molecule has 116 valence electrons. The fourth-order valence-electron chi connectivity index (χ4n) is 3.05. The smallest absolute Gasteiger partial charge is 0.223 e. The van der Waals surface area contributed by atoms with Crippen LogP contribution in [0.2, 0.25) is 5.02 Å². The van der Waals surface area contributed by atoms with Gasteiger partial charge in [0.1, 0.15) is 0 Å². The Hall–Kier alpha value is -1.06. The molecule has 3 nitrogen and oxygen atoms in total. The van der Waals surface area contributed by atoms with Gasteiger partial charge in [-0.1, -0.05) is 23.7 Å². The second-order valence-electron chi connectivity index (χ2n) is 6.39. The summed E-state index contributed by atoms with van der Waals surface area (Å²) < 4.78 is 0. The van der Waals surface area contributed by atoms with E-state index >= 15 is 0 Å². The zero-order chi connectivity index (χ0) is 15.4. The molecule has 1 aromatic rings. The number of hydrogen-bond donors (Lipinski definition) is 1. The van der Waals surface area contributed by atoms with Gasteiger partial charge in [-0.25, -0.2) is 0 Å².